The van der Waals surface area contributed by atoms with Gasteiger partial charge >= 0.3 is 6.03 Å². The quantitative estimate of drug-likeness (QED) is 0.739. The maximum absolute atomic E-state index is 15.8. The molecule has 2 heterocycles. The lowest BCUT2D eigenvalue weighted by Crippen LogP contribution is -2.41. The summed E-state index contributed by atoms with van der Waals surface area (Å²) in [6.45, 7) is 3.22. The van der Waals surface area contributed by atoms with Gasteiger partial charge in [0.1, 0.15) is 5.71 Å². The molecule has 176 valence electrons. The first-order chi connectivity index (χ1) is 15.9. The zero-order chi connectivity index (χ0) is 23.7. The molecule has 2 aliphatic heterocycles. The number of methoxy groups -OCH3 is 2. The third kappa shape index (κ3) is 4.20. The van der Waals surface area contributed by atoms with E-state index in [1.165, 1.54) is 26.3 Å². The zero-order valence-corrected chi connectivity index (χ0v) is 19.3. The number of carbonyl (C=O) groups excluding carboxylic acids is 1. The third-order valence-electron chi connectivity index (χ3n) is 6.16. The van der Waals surface area contributed by atoms with E-state index in [2.05, 4.69) is 15.3 Å². The standard InChI is InChI=1S/C24H29FN4O4/c1-14-11-16-12-19(32-3)23(33-4)21(25)20(16)22(27-29(14)24(31)26-2)15-5-7-17(8-6-15)28-10-9-18(30)13-28/h5-8,12,14,18,30H,9-11,13H2,1-4H3,(H,26,31). The average molecular weight is 457 g/mol. The highest BCUT2D eigenvalue weighted by Gasteiger charge is 2.32. The van der Waals surface area contributed by atoms with Crippen LogP contribution in [-0.2, 0) is 6.42 Å². The summed E-state index contributed by atoms with van der Waals surface area (Å²) in [5.41, 5.74) is 2.93. The van der Waals surface area contributed by atoms with Gasteiger partial charge in [-0.05, 0) is 43.5 Å². The molecule has 33 heavy (non-hydrogen) atoms. The van der Waals surface area contributed by atoms with Crippen LogP contribution in [0.4, 0.5) is 14.9 Å². The van der Waals surface area contributed by atoms with Crippen molar-refractivity contribution in [1.82, 2.24) is 10.3 Å². The van der Waals surface area contributed by atoms with Gasteiger partial charge in [0, 0.05) is 37.0 Å². The maximum Gasteiger partial charge on any atom is 0.337 e. The minimum atomic E-state index is -0.580. The summed E-state index contributed by atoms with van der Waals surface area (Å²) in [7, 11) is 4.39. The van der Waals surface area contributed by atoms with Crippen molar-refractivity contribution in [2.45, 2.75) is 31.9 Å². The topological polar surface area (TPSA) is 86.6 Å². The lowest BCUT2D eigenvalue weighted by Gasteiger charge is -2.22. The fraction of sp³-hybridized carbons (Fsp3) is 0.417. The number of benzene rings is 2. The number of hydrogen-bond donors (Lipinski definition) is 2. The molecule has 0 aromatic heterocycles. The number of carbonyl (C=O) groups is 1. The van der Waals surface area contributed by atoms with Crippen LogP contribution in [0.2, 0.25) is 0 Å². The SMILES string of the molecule is CNC(=O)N1N=C(c2ccc(N3CCC(O)C3)cc2)c2c(cc(OC)c(OC)c2F)CC1C. The van der Waals surface area contributed by atoms with E-state index in [1.54, 1.807) is 6.07 Å². The van der Waals surface area contributed by atoms with Crippen LogP contribution in [0.5, 0.6) is 11.5 Å². The molecule has 4 rings (SSSR count). The Bertz CT molecular complexity index is 1070. The molecule has 2 atom stereocenters. The van der Waals surface area contributed by atoms with Gasteiger partial charge in [-0.2, -0.15) is 5.10 Å². The fourth-order valence-electron chi connectivity index (χ4n) is 4.45. The Morgan fingerprint density at radius 2 is 1.97 bits per heavy atom. The molecule has 2 unspecified atom stereocenters. The van der Waals surface area contributed by atoms with E-state index in [-0.39, 0.29) is 35.2 Å². The molecule has 0 saturated carbocycles. The first-order valence-corrected chi connectivity index (χ1v) is 10.9. The van der Waals surface area contributed by atoms with E-state index in [0.717, 1.165) is 18.7 Å². The predicted molar refractivity (Wildman–Crippen MR) is 124 cm³/mol. The van der Waals surface area contributed by atoms with Crippen LogP contribution in [0.25, 0.3) is 0 Å². The number of ether oxygens (including phenoxy) is 2. The van der Waals surface area contributed by atoms with Gasteiger partial charge in [-0.15, -0.1) is 0 Å². The molecule has 1 fully saturated rings. The molecular formula is C24H29FN4O4. The average Bonchev–Trinajstić information content (AvgIpc) is 3.19. The van der Waals surface area contributed by atoms with Crippen molar-refractivity contribution >= 4 is 17.4 Å². The molecule has 1 saturated heterocycles. The van der Waals surface area contributed by atoms with Crippen LogP contribution in [0.15, 0.2) is 35.4 Å². The van der Waals surface area contributed by atoms with Gasteiger partial charge in [0.05, 0.1) is 26.4 Å². The van der Waals surface area contributed by atoms with Gasteiger partial charge < -0.3 is 24.8 Å². The number of nitrogens with one attached hydrogen (secondary N) is 1. The van der Waals surface area contributed by atoms with Gasteiger partial charge in [-0.1, -0.05) is 12.1 Å². The minimum Gasteiger partial charge on any atom is -0.493 e. The van der Waals surface area contributed by atoms with Gasteiger partial charge in [0.2, 0.25) is 0 Å². The summed E-state index contributed by atoms with van der Waals surface area (Å²) in [4.78, 5) is 14.7. The summed E-state index contributed by atoms with van der Waals surface area (Å²) in [6, 6.07) is 8.61. The number of aliphatic hydroxyl groups excluding tert-OH is 1. The number of urea groups is 1. The number of β-amino-alcohol motifs (C(OH)–C–C–N with tert-alkyl or cyclic N) is 1. The van der Waals surface area contributed by atoms with Gasteiger partial charge in [-0.25, -0.2) is 14.2 Å². The van der Waals surface area contributed by atoms with E-state index >= 15 is 4.39 Å². The van der Waals surface area contributed by atoms with Crippen molar-refractivity contribution in [3.8, 4) is 11.5 Å². The van der Waals surface area contributed by atoms with E-state index in [9.17, 15) is 9.90 Å². The first kappa shape index (κ1) is 22.8. The summed E-state index contributed by atoms with van der Waals surface area (Å²) < 4.78 is 26.4. The Hall–Kier alpha value is -3.33. The molecule has 2 aromatic rings. The van der Waals surface area contributed by atoms with Crippen LogP contribution in [0.1, 0.15) is 30.0 Å². The van der Waals surface area contributed by atoms with E-state index in [4.69, 9.17) is 9.47 Å². The van der Waals surface area contributed by atoms with Crippen molar-refractivity contribution in [1.29, 1.82) is 0 Å². The Labute approximate surface area is 192 Å². The van der Waals surface area contributed by atoms with E-state index in [0.29, 0.717) is 29.8 Å². The van der Waals surface area contributed by atoms with E-state index < -0.39 is 5.82 Å². The van der Waals surface area contributed by atoms with Crippen molar-refractivity contribution in [2.24, 2.45) is 5.10 Å². The largest absolute Gasteiger partial charge is 0.493 e. The molecule has 0 spiro atoms. The molecule has 8 nitrogen and oxygen atoms in total. The second-order valence-corrected chi connectivity index (χ2v) is 8.30. The highest BCUT2D eigenvalue weighted by molar-refractivity contribution is 6.15. The van der Waals surface area contributed by atoms with Crippen LogP contribution in [0, 0.1) is 5.82 Å². The summed E-state index contributed by atoms with van der Waals surface area (Å²) in [5.74, 6) is -0.299. The molecule has 2 aliphatic rings. The van der Waals surface area contributed by atoms with Crippen LogP contribution in [0.3, 0.4) is 0 Å². The minimum absolute atomic E-state index is 0.00679. The molecule has 2 aromatic carbocycles. The molecule has 2 amide bonds. The Morgan fingerprint density at radius 3 is 2.55 bits per heavy atom. The normalized spacial score (nSPS) is 20.1. The Balaban J connectivity index is 1.85. The number of aliphatic hydroxyl groups is 1. The second-order valence-electron chi connectivity index (χ2n) is 8.30. The van der Waals surface area contributed by atoms with E-state index in [1.807, 2.05) is 31.2 Å². The molecule has 0 radical (unpaired) electrons. The number of fused-ring (bicyclic) bond motifs is 1. The lowest BCUT2D eigenvalue weighted by atomic mass is 9.93. The molecular weight excluding hydrogens is 427 g/mol. The second kappa shape index (κ2) is 9.27. The number of hydrazone groups is 1. The highest BCUT2D eigenvalue weighted by atomic mass is 19.1. The Morgan fingerprint density at radius 1 is 1.24 bits per heavy atom. The number of nitrogens with zero attached hydrogens (tertiary/aromatic N) is 3. The van der Waals surface area contributed by atoms with Crippen molar-refractivity contribution < 1.29 is 23.8 Å². The Kier molecular flexibility index (Phi) is 6.42. The maximum atomic E-state index is 15.8. The number of anilines is 1. The number of hydrogen-bond acceptors (Lipinski definition) is 6. The van der Waals surface area contributed by atoms with Crippen molar-refractivity contribution in [2.75, 3.05) is 39.3 Å². The molecule has 9 heteroatoms. The summed E-state index contributed by atoms with van der Waals surface area (Å²) in [5, 5.41) is 18.4. The molecule has 0 bridgehead atoms. The van der Waals surface area contributed by atoms with Crippen molar-refractivity contribution in [3.05, 3.63) is 52.8 Å². The zero-order valence-electron chi connectivity index (χ0n) is 19.3. The first-order valence-electron chi connectivity index (χ1n) is 10.9. The van der Waals surface area contributed by atoms with Gasteiger partial charge in [0.15, 0.2) is 17.3 Å². The fourth-order valence-corrected chi connectivity index (χ4v) is 4.45. The highest BCUT2D eigenvalue weighted by Crippen LogP contribution is 2.38. The number of halogens is 1. The van der Waals surface area contributed by atoms with Crippen LogP contribution < -0.4 is 19.7 Å². The van der Waals surface area contributed by atoms with Crippen LogP contribution in [-0.4, -0.2) is 68.4 Å². The summed E-state index contributed by atoms with van der Waals surface area (Å²) in [6.07, 6.45) is 0.784. The van der Waals surface area contributed by atoms with Gasteiger partial charge in [-0.3, -0.25) is 0 Å². The molecule has 2 N–H and O–H groups in total. The smallest absolute Gasteiger partial charge is 0.337 e. The van der Waals surface area contributed by atoms with Gasteiger partial charge in [0.25, 0.3) is 0 Å². The molecule has 0 aliphatic carbocycles. The van der Waals surface area contributed by atoms with Crippen LogP contribution >= 0.6 is 0 Å². The lowest BCUT2D eigenvalue weighted by molar-refractivity contribution is 0.184. The third-order valence-corrected chi connectivity index (χ3v) is 6.16. The monoisotopic (exact) mass is 456 g/mol. The predicted octanol–water partition coefficient (Wildman–Crippen LogP) is 2.75. The number of amides is 2. The number of rotatable bonds is 4. The van der Waals surface area contributed by atoms with Crippen molar-refractivity contribution in [3.63, 3.8) is 0 Å². The summed E-state index contributed by atoms with van der Waals surface area (Å²) >= 11 is 0.